The maximum Gasteiger partial charge on any atom is 0.141 e. The van der Waals surface area contributed by atoms with E-state index in [0.717, 1.165) is 68.4 Å². The summed E-state index contributed by atoms with van der Waals surface area (Å²) in [5.74, 6) is 0. The lowest BCUT2D eigenvalue weighted by Crippen LogP contribution is -2.58. The van der Waals surface area contributed by atoms with Crippen molar-refractivity contribution in [1.29, 1.82) is 0 Å². The van der Waals surface area contributed by atoms with Crippen LogP contribution in [0, 0.1) is 0 Å². The van der Waals surface area contributed by atoms with E-state index in [1.807, 2.05) is 18.5 Å². The molecule has 0 aliphatic carbocycles. The lowest BCUT2D eigenvalue weighted by Gasteiger charge is -2.43. The van der Waals surface area contributed by atoms with Crippen molar-refractivity contribution in [3.05, 3.63) is 58.3 Å². The maximum absolute atomic E-state index is 11.8. The Kier molecular flexibility index (Phi) is 6.60. The second-order valence-electron chi connectivity index (χ2n) is 9.75. The molecule has 3 aromatic rings. The fraction of sp³-hybridized carbons (Fsp3) is 0.462. The highest BCUT2D eigenvalue weighted by atomic mass is 35.5. The van der Waals surface area contributed by atoms with Gasteiger partial charge in [0.25, 0.3) is 0 Å². The van der Waals surface area contributed by atoms with Crippen LogP contribution in [0.5, 0.6) is 0 Å². The number of halogens is 2. The third-order valence-electron chi connectivity index (χ3n) is 7.44. The average molecular weight is 500 g/mol. The topological polar surface area (TPSA) is 53.4 Å². The molecule has 0 radical (unpaired) electrons. The van der Waals surface area contributed by atoms with Gasteiger partial charge < -0.3 is 19.6 Å². The summed E-state index contributed by atoms with van der Waals surface area (Å²) in [6.07, 6.45) is 5.02. The van der Waals surface area contributed by atoms with Crippen LogP contribution in [0.1, 0.15) is 38.3 Å². The highest BCUT2D eigenvalue weighted by Gasteiger charge is 2.36. The molecule has 3 heterocycles. The minimum absolute atomic E-state index is 0.0257. The highest BCUT2D eigenvalue weighted by Crippen LogP contribution is 2.32. The molecule has 180 valence electrons. The van der Waals surface area contributed by atoms with Crippen molar-refractivity contribution < 1.29 is 4.79 Å². The van der Waals surface area contributed by atoms with Gasteiger partial charge in [0.05, 0.1) is 28.9 Å². The molecule has 2 aliphatic heterocycles. The molecule has 2 aromatic carbocycles. The van der Waals surface area contributed by atoms with Gasteiger partial charge in [-0.1, -0.05) is 29.3 Å². The molecule has 0 saturated carbocycles. The number of anilines is 1. The number of fused-ring (bicyclic) bond motifs is 1. The molecule has 2 saturated heterocycles. The molecule has 6 nitrogen and oxygen atoms in total. The minimum Gasteiger partial charge on any atom is -0.366 e. The maximum atomic E-state index is 11.8. The van der Waals surface area contributed by atoms with Crippen LogP contribution < -0.4 is 10.2 Å². The number of imidazole rings is 1. The van der Waals surface area contributed by atoms with Crippen molar-refractivity contribution in [2.24, 2.45) is 0 Å². The smallest absolute Gasteiger partial charge is 0.141 e. The Hall–Kier alpha value is -2.12. The van der Waals surface area contributed by atoms with Crippen LogP contribution in [0.4, 0.5) is 5.69 Å². The molecule has 8 heteroatoms. The summed E-state index contributed by atoms with van der Waals surface area (Å²) in [5.41, 5.74) is 3.89. The van der Waals surface area contributed by atoms with E-state index in [0.29, 0.717) is 16.1 Å². The Morgan fingerprint density at radius 3 is 2.79 bits per heavy atom. The zero-order valence-corrected chi connectivity index (χ0v) is 21.2. The van der Waals surface area contributed by atoms with E-state index in [4.69, 9.17) is 23.2 Å². The summed E-state index contributed by atoms with van der Waals surface area (Å²) in [7, 11) is 0. The molecule has 2 fully saturated rings. The van der Waals surface area contributed by atoms with Gasteiger partial charge in [-0.2, -0.15) is 0 Å². The number of nitrogens with one attached hydrogen (secondary N) is 1. The molecule has 0 bridgehead atoms. The van der Waals surface area contributed by atoms with Crippen molar-refractivity contribution in [3.8, 4) is 0 Å². The zero-order chi connectivity index (χ0) is 23.9. The van der Waals surface area contributed by atoms with Crippen LogP contribution in [0.25, 0.3) is 11.0 Å². The fourth-order valence-electron chi connectivity index (χ4n) is 5.55. The van der Waals surface area contributed by atoms with E-state index in [1.54, 1.807) is 6.07 Å². The molecule has 0 spiro atoms. The first-order valence-electron chi connectivity index (χ1n) is 12.0. The zero-order valence-electron chi connectivity index (χ0n) is 19.7. The summed E-state index contributed by atoms with van der Waals surface area (Å²) >= 11 is 12.6. The van der Waals surface area contributed by atoms with Crippen LogP contribution in [-0.4, -0.2) is 65.0 Å². The predicted octanol–water partition coefficient (Wildman–Crippen LogP) is 4.78. The van der Waals surface area contributed by atoms with E-state index in [1.165, 1.54) is 5.69 Å². The normalized spacial score (nSPS) is 24.6. The Morgan fingerprint density at radius 2 is 2.09 bits per heavy atom. The van der Waals surface area contributed by atoms with Gasteiger partial charge in [0.15, 0.2) is 0 Å². The largest absolute Gasteiger partial charge is 0.366 e. The lowest BCUT2D eigenvalue weighted by atomic mass is 9.98. The summed E-state index contributed by atoms with van der Waals surface area (Å²) in [5, 5.41) is 4.72. The van der Waals surface area contributed by atoms with E-state index >= 15 is 0 Å². The minimum atomic E-state index is -0.369. The van der Waals surface area contributed by atoms with Crippen molar-refractivity contribution >= 4 is 46.2 Å². The van der Waals surface area contributed by atoms with Gasteiger partial charge in [-0.3, -0.25) is 4.90 Å². The third-order valence-corrected chi connectivity index (χ3v) is 8.00. The van der Waals surface area contributed by atoms with Crippen LogP contribution in [-0.2, 0) is 4.79 Å². The molecular formula is C26H31Cl2N5O. The van der Waals surface area contributed by atoms with Crippen molar-refractivity contribution in [2.75, 3.05) is 37.6 Å². The lowest BCUT2D eigenvalue weighted by molar-refractivity contribution is -0.113. The fourth-order valence-corrected chi connectivity index (χ4v) is 6.12. The third kappa shape index (κ3) is 4.44. The first-order chi connectivity index (χ1) is 16.4. The second kappa shape index (κ2) is 9.50. The van der Waals surface area contributed by atoms with Gasteiger partial charge in [-0.05, 0) is 69.1 Å². The number of hydrogen-bond donors (Lipinski definition) is 1. The van der Waals surface area contributed by atoms with Crippen LogP contribution in [0.2, 0.25) is 10.0 Å². The second-order valence-corrected chi connectivity index (χ2v) is 10.6. The molecule has 2 aliphatic rings. The van der Waals surface area contributed by atoms with Gasteiger partial charge in [0.1, 0.15) is 6.29 Å². The Bertz CT molecular complexity index is 1190. The number of nitrogens with zero attached hydrogens (tertiary/aromatic N) is 4. The summed E-state index contributed by atoms with van der Waals surface area (Å²) in [6, 6.07) is 12.5. The van der Waals surface area contributed by atoms with Gasteiger partial charge in [-0.25, -0.2) is 4.98 Å². The molecule has 2 unspecified atom stereocenters. The Labute approximate surface area is 210 Å². The first-order valence-corrected chi connectivity index (χ1v) is 12.8. The quantitative estimate of drug-likeness (QED) is 0.494. The highest BCUT2D eigenvalue weighted by molar-refractivity contribution is 6.35. The number of aromatic nitrogens is 2. The first kappa shape index (κ1) is 23.6. The summed E-state index contributed by atoms with van der Waals surface area (Å²) < 4.78 is 2.18. The van der Waals surface area contributed by atoms with Crippen LogP contribution in [0.15, 0.2) is 42.7 Å². The van der Waals surface area contributed by atoms with E-state index in [-0.39, 0.29) is 11.6 Å². The number of carbonyl (C=O) groups excluding carboxylic acids is 1. The van der Waals surface area contributed by atoms with Crippen LogP contribution in [0.3, 0.4) is 0 Å². The molecule has 1 N–H and O–H groups in total. The molecule has 0 amide bonds. The van der Waals surface area contributed by atoms with Gasteiger partial charge >= 0.3 is 0 Å². The molecule has 34 heavy (non-hydrogen) atoms. The van der Waals surface area contributed by atoms with Crippen molar-refractivity contribution in [2.45, 2.75) is 44.3 Å². The number of piperazine rings is 1. The number of hydrogen-bond acceptors (Lipinski definition) is 5. The SMILES string of the molecule is CC(c1ccc(Cl)cc1Cl)n1cnc2ccc(N3CCN(CC4(C=O)CCCN4)C[C@@H]3C)cc21. The van der Waals surface area contributed by atoms with Crippen molar-refractivity contribution in [1.82, 2.24) is 19.8 Å². The van der Waals surface area contributed by atoms with Crippen molar-refractivity contribution in [3.63, 3.8) is 0 Å². The Balaban J connectivity index is 1.36. The molecule has 1 aromatic heterocycles. The van der Waals surface area contributed by atoms with Gasteiger partial charge in [-0.15, -0.1) is 0 Å². The molecule has 3 atom stereocenters. The molecular weight excluding hydrogens is 469 g/mol. The monoisotopic (exact) mass is 499 g/mol. The summed E-state index contributed by atoms with van der Waals surface area (Å²) in [4.78, 5) is 21.3. The van der Waals surface area contributed by atoms with E-state index in [2.05, 4.69) is 56.7 Å². The number of rotatable bonds is 6. The number of carbonyl (C=O) groups is 1. The number of benzene rings is 2. The number of aldehydes is 1. The van der Waals surface area contributed by atoms with E-state index in [9.17, 15) is 4.79 Å². The summed E-state index contributed by atoms with van der Waals surface area (Å²) in [6.45, 7) is 8.92. The van der Waals surface area contributed by atoms with Crippen LogP contribution >= 0.6 is 23.2 Å². The predicted molar refractivity (Wildman–Crippen MR) is 139 cm³/mol. The van der Waals surface area contributed by atoms with E-state index < -0.39 is 0 Å². The Morgan fingerprint density at radius 1 is 1.24 bits per heavy atom. The standard InChI is InChI=1S/C26H31Cl2N5O/c1-18-14-31(15-26(16-34)8-3-9-30-26)10-11-32(18)21-5-7-24-25(13-21)33(17-29-24)19(2)22-6-4-20(27)12-23(22)28/h4-7,12-13,16-19,30H,3,8-11,14-15H2,1-2H3/t18-,19?,26?/m0/s1. The average Bonchev–Trinajstić information content (AvgIpc) is 3.46. The van der Waals surface area contributed by atoms with Gasteiger partial charge in [0.2, 0.25) is 0 Å². The van der Waals surface area contributed by atoms with Gasteiger partial charge in [0, 0.05) is 48.0 Å². The molecule has 5 rings (SSSR count).